The number of para-hydroxylation sites is 1. The quantitative estimate of drug-likeness (QED) is 0.770. The van der Waals surface area contributed by atoms with Crippen LogP contribution in [-0.4, -0.2) is 60.1 Å². The first-order chi connectivity index (χ1) is 13.5. The number of carbonyl (C=O) groups excluding carboxylic acids is 1. The lowest BCUT2D eigenvalue weighted by atomic mass is 10.2. The summed E-state index contributed by atoms with van der Waals surface area (Å²) in [7, 11) is 0. The fraction of sp³-hybridized carbons (Fsp3) is 0.650. The first-order valence-electron chi connectivity index (χ1n) is 9.65. The lowest BCUT2D eigenvalue weighted by Crippen LogP contribution is -2.35. The number of likely N-dealkylation sites (tertiary alicyclic amines) is 1. The van der Waals surface area contributed by atoms with E-state index in [1.165, 1.54) is 17.0 Å². The lowest BCUT2D eigenvalue weighted by Gasteiger charge is -2.24. The molecule has 0 aliphatic carbocycles. The van der Waals surface area contributed by atoms with E-state index in [-0.39, 0.29) is 24.1 Å². The molecule has 1 aromatic rings. The van der Waals surface area contributed by atoms with Gasteiger partial charge in [-0.05, 0) is 52.3 Å². The van der Waals surface area contributed by atoms with Crippen LogP contribution < -0.4 is 10.1 Å². The lowest BCUT2D eigenvalue weighted by molar-refractivity contribution is -0.139. The van der Waals surface area contributed by atoms with Gasteiger partial charge in [0.1, 0.15) is 17.5 Å². The molecule has 9 heteroatoms. The molecule has 2 saturated heterocycles. The van der Waals surface area contributed by atoms with Gasteiger partial charge >= 0.3 is 12.3 Å². The zero-order valence-electron chi connectivity index (χ0n) is 17.0. The number of nitrogens with one attached hydrogen (secondary N) is 1. The predicted molar refractivity (Wildman–Crippen MR) is 102 cm³/mol. The van der Waals surface area contributed by atoms with Gasteiger partial charge in [-0.25, -0.2) is 4.79 Å². The monoisotopic (exact) mass is 418 g/mol. The van der Waals surface area contributed by atoms with Gasteiger partial charge in [0.25, 0.3) is 0 Å². The highest BCUT2D eigenvalue weighted by Crippen LogP contribution is 2.36. The number of alkyl halides is 3. The van der Waals surface area contributed by atoms with E-state index in [0.29, 0.717) is 26.1 Å². The molecule has 0 bridgehead atoms. The van der Waals surface area contributed by atoms with Crippen molar-refractivity contribution in [1.82, 2.24) is 10.2 Å². The molecule has 2 N–H and O–H groups in total. The Morgan fingerprint density at radius 2 is 1.90 bits per heavy atom. The summed E-state index contributed by atoms with van der Waals surface area (Å²) in [6.07, 6.45) is -3.84. The third-order valence-electron chi connectivity index (χ3n) is 4.32. The number of ether oxygens (including phenoxy) is 2. The van der Waals surface area contributed by atoms with Crippen molar-refractivity contribution in [2.75, 3.05) is 26.2 Å². The number of aliphatic hydroxyl groups excluding tert-OH is 1. The average molecular weight is 418 g/mol. The van der Waals surface area contributed by atoms with Gasteiger partial charge in [-0.3, -0.25) is 0 Å². The number of carbonyl (C=O) groups is 1. The molecule has 2 atom stereocenters. The van der Waals surface area contributed by atoms with Crippen molar-refractivity contribution < 1.29 is 32.5 Å². The fourth-order valence-electron chi connectivity index (χ4n) is 2.95. The summed E-state index contributed by atoms with van der Waals surface area (Å²) in [6, 6.07) is 5.31. The molecule has 1 amide bonds. The Balaban J connectivity index is 0.000000212. The molecule has 2 heterocycles. The molecule has 0 spiro atoms. The molecule has 2 fully saturated rings. The second kappa shape index (κ2) is 9.67. The van der Waals surface area contributed by atoms with E-state index in [4.69, 9.17) is 9.47 Å². The maximum Gasteiger partial charge on any atom is 0.419 e. The molecular weight excluding hydrogens is 389 g/mol. The Bertz CT molecular complexity index is 670. The van der Waals surface area contributed by atoms with Gasteiger partial charge < -0.3 is 24.8 Å². The largest absolute Gasteiger partial charge is 0.488 e. The minimum absolute atomic E-state index is 0.0799. The molecule has 3 rings (SSSR count). The van der Waals surface area contributed by atoms with Gasteiger partial charge in [0, 0.05) is 19.6 Å². The van der Waals surface area contributed by atoms with Gasteiger partial charge in [-0.2, -0.15) is 13.2 Å². The summed E-state index contributed by atoms with van der Waals surface area (Å²) < 4.78 is 48.4. The highest BCUT2D eigenvalue weighted by molar-refractivity contribution is 5.68. The van der Waals surface area contributed by atoms with E-state index in [1.54, 1.807) is 6.07 Å². The smallest absolute Gasteiger partial charge is 0.419 e. The second-order valence-corrected chi connectivity index (χ2v) is 8.10. The molecule has 0 unspecified atom stereocenters. The fourth-order valence-corrected chi connectivity index (χ4v) is 2.95. The molecule has 6 nitrogen and oxygen atoms in total. The van der Waals surface area contributed by atoms with Gasteiger partial charge in [-0.1, -0.05) is 12.1 Å². The average Bonchev–Trinajstić information content (AvgIpc) is 3.25. The van der Waals surface area contributed by atoms with Crippen LogP contribution in [0.3, 0.4) is 0 Å². The minimum atomic E-state index is -4.36. The molecule has 1 aromatic carbocycles. The summed E-state index contributed by atoms with van der Waals surface area (Å²) in [5, 5.41) is 12.2. The van der Waals surface area contributed by atoms with Crippen LogP contribution in [0, 0.1) is 0 Å². The normalized spacial score (nSPS) is 22.1. The third-order valence-corrected chi connectivity index (χ3v) is 4.32. The zero-order valence-corrected chi connectivity index (χ0v) is 17.0. The number of halogens is 3. The van der Waals surface area contributed by atoms with Crippen LogP contribution in [0.5, 0.6) is 5.75 Å². The first kappa shape index (κ1) is 23.3. The first-order valence-corrected chi connectivity index (χ1v) is 9.65. The molecule has 2 aliphatic rings. The summed E-state index contributed by atoms with van der Waals surface area (Å²) in [5.41, 5.74) is -1.16. The maximum atomic E-state index is 12.6. The number of β-amino-alcohol motifs (C(OH)–C–C–N with tert-alkyl or cyclic N) is 1. The number of hydrogen-bond donors (Lipinski definition) is 2. The van der Waals surface area contributed by atoms with Crippen molar-refractivity contribution in [3.05, 3.63) is 29.8 Å². The molecule has 2 aliphatic heterocycles. The van der Waals surface area contributed by atoms with Gasteiger partial charge in [0.2, 0.25) is 0 Å². The van der Waals surface area contributed by atoms with E-state index < -0.39 is 17.3 Å². The van der Waals surface area contributed by atoms with Crippen LogP contribution in [0.25, 0.3) is 0 Å². The molecule has 164 valence electrons. The van der Waals surface area contributed by atoms with E-state index in [1.807, 2.05) is 20.8 Å². The molecule has 29 heavy (non-hydrogen) atoms. The van der Waals surface area contributed by atoms with Crippen LogP contribution >= 0.6 is 0 Å². The topological polar surface area (TPSA) is 71.0 Å². The zero-order chi connectivity index (χ0) is 21.7. The van der Waals surface area contributed by atoms with Gasteiger partial charge in [-0.15, -0.1) is 0 Å². The highest BCUT2D eigenvalue weighted by atomic mass is 19.4. The Hall–Kier alpha value is -2.00. The van der Waals surface area contributed by atoms with E-state index in [0.717, 1.165) is 19.0 Å². The van der Waals surface area contributed by atoms with Crippen molar-refractivity contribution in [3.8, 4) is 5.75 Å². The van der Waals surface area contributed by atoms with Gasteiger partial charge in [0.15, 0.2) is 0 Å². The molecular formula is C20H29F3N2O4. The van der Waals surface area contributed by atoms with Gasteiger partial charge in [0.05, 0.1) is 11.7 Å². The Morgan fingerprint density at radius 1 is 1.21 bits per heavy atom. The summed E-state index contributed by atoms with van der Waals surface area (Å²) in [4.78, 5) is 12.9. The predicted octanol–water partition coefficient (Wildman–Crippen LogP) is 3.43. The maximum absolute atomic E-state index is 12.6. The number of amides is 1. The van der Waals surface area contributed by atoms with Crippen LogP contribution in [0.2, 0.25) is 0 Å². The number of hydrogen-bond acceptors (Lipinski definition) is 5. The number of benzene rings is 1. The van der Waals surface area contributed by atoms with Crippen molar-refractivity contribution >= 4 is 6.09 Å². The van der Waals surface area contributed by atoms with Crippen LogP contribution in [0.4, 0.5) is 18.0 Å². The Kier molecular flexibility index (Phi) is 7.76. The second-order valence-electron chi connectivity index (χ2n) is 8.10. The van der Waals surface area contributed by atoms with Crippen molar-refractivity contribution in [3.63, 3.8) is 0 Å². The Labute approximate surface area is 169 Å². The third kappa shape index (κ3) is 7.74. The summed E-state index contributed by atoms with van der Waals surface area (Å²) >= 11 is 0. The SMILES string of the molecule is CC(C)(C)OC(=O)N1CC[C@@H](O)C1.FC(F)(F)c1ccccc1O[C@H]1CCNC1. The number of aliphatic hydroxyl groups is 1. The summed E-state index contributed by atoms with van der Waals surface area (Å²) in [6.45, 7) is 7.88. The van der Waals surface area contributed by atoms with E-state index >= 15 is 0 Å². The van der Waals surface area contributed by atoms with Crippen molar-refractivity contribution in [2.24, 2.45) is 0 Å². The molecule has 0 radical (unpaired) electrons. The Morgan fingerprint density at radius 3 is 2.41 bits per heavy atom. The van der Waals surface area contributed by atoms with Crippen molar-refractivity contribution in [1.29, 1.82) is 0 Å². The van der Waals surface area contributed by atoms with E-state index in [9.17, 15) is 23.1 Å². The molecule has 0 saturated carbocycles. The van der Waals surface area contributed by atoms with Crippen LogP contribution in [0.15, 0.2) is 24.3 Å². The number of nitrogens with zero attached hydrogens (tertiary/aromatic N) is 1. The summed E-state index contributed by atoms with van der Waals surface area (Å²) in [5.74, 6) is -0.0799. The van der Waals surface area contributed by atoms with E-state index in [2.05, 4.69) is 5.32 Å². The standard InChI is InChI=1S/C11H12F3NO.C9H17NO3/c12-11(13,14)9-3-1-2-4-10(9)16-8-5-6-15-7-8;1-9(2,3)13-8(12)10-5-4-7(11)6-10/h1-4,8,15H,5-7H2;7,11H,4-6H2,1-3H3/t8-;7-/m01/s1. The van der Waals surface area contributed by atoms with Crippen LogP contribution in [0.1, 0.15) is 39.2 Å². The molecule has 0 aromatic heterocycles. The number of rotatable bonds is 2. The highest BCUT2D eigenvalue weighted by Gasteiger charge is 2.34. The van der Waals surface area contributed by atoms with Crippen LogP contribution in [-0.2, 0) is 10.9 Å². The van der Waals surface area contributed by atoms with Crippen molar-refractivity contribution in [2.45, 2.75) is 57.6 Å². The minimum Gasteiger partial charge on any atom is -0.488 e.